The third kappa shape index (κ3) is 1.99. The van der Waals surface area contributed by atoms with Gasteiger partial charge >= 0.3 is 116 Å². The van der Waals surface area contributed by atoms with Gasteiger partial charge in [-0.2, -0.15) is 0 Å². The van der Waals surface area contributed by atoms with Crippen molar-refractivity contribution in [3.63, 3.8) is 0 Å². The Kier molecular flexibility index (Phi) is 3.40. The van der Waals surface area contributed by atoms with Crippen LogP contribution in [0.25, 0.3) is 0 Å². The minimum absolute atomic E-state index is 0.0237. The maximum absolute atomic E-state index is 13.9. The summed E-state index contributed by atoms with van der Waals surface area (Å²) in [4.78, 5) is 4.20. The van der Waals surface area contributed by atoms with E-state index in [9.17, 15) is 4.39 Å². The Morgan fingerprint density at radius 1 is 1.72 bits per heavy atom. The first kappa shape index (κ1) is 12.5. The van der Waals surface area contributed by atoms with E-state index in [1.807, 2.05) is 0 Å². The van der Waals surface area contributed by atoms with Gasteiger partial charge in [0, 0.05) is 0 Å². The molecule has 2 aliphatic heterocycles. The van der Waals surface area contributed by atoms with Gasteiger partial charge in [-0.05, 0) is 0 Å². The van der Waals surface area contributed by atoms with E-state index in [0.29, 0.717) is 18.0 Å². The number of aliphatic imine (C=N–C) groups is 1. The average molecular weight is 333 g/mol. The van der Waals surface area contributed by atoms with Crippen LogP contribution in [-0.2, 0) is 4.74 Å². The molecule has 0 aliphatic carbocycles. The van der Waals surface area contributed by atoms with E-state index < -0.39 is 0 Å². The van der Waals surface area contributed by atoms with Gasteiger partial charge < -0.3 is 0 Å². The average Bonchev–Trinajstić information content (AvgIpc) is 2.94. The summed E-state index contributed by atoms with van der Waals surface area (Å²) in [6, 6.07) is 0. The number of halogens is 1. The normalized spacial score (nSPS) is 26.7. The van der Waals surface area contributed by atoms with E-state index in [4.69, 9.17) is 9.84 Å². The summed E-state index contributed by atoms with van der Waals surface area (Å²) in [5, 5.41) is 12.1. The number of aromatic nitrogens is 1. The number of nitrogens with one attached hydrogen (secondary N) is 1. The van der Waals surface area contributed by atoms with Crippen molar-refractivity contribution in [3.8, 4) is 0 Å². The van der Waals surface area contributed by atoms with Gasteiger partial charge in [0.2, 0.25) is 0 Å². The summed E-state index contributed by atoms with van der Waals surface area (Å²) in [5.74, 6) is 1.15. The van der Waals surface area contributed by atoms with Crippen LogP contribution in [0, 0.1) is 5.82 Å². The van der Waals surface area contributed by atoms with Crippen molar-refractivity contribution in [1.29, 1.82) is 0 Å². The Morgan fingerprint density at radius 2 is 2.56 bits per heavy atom. The number of ether oxygens (including phenoxy) is 1. The third-order valence-corrected chi connectivity index (χ3v) is 5.03. The van der Waals surface area contributed by atoms with Gasteiger partial charge in [0.15, 0.2) is 0 Å². The zero-order valence-electron chi connectivity index (χ0n) is 9.47. The van der Waals surface area contributed by atoms with Crippen LogP contribution >= 0.6 is 11.8 Å². The molecule has 5 nitrogen and oxygen atoms in total. The molecular weight excluding hydrogens is 320 g/mol. The molecule has 1 fully saturated rings. The fourth-order valence-electron chi connectivity index (χ4n) is 2.11. The number of rotatable bonds is 2. The standard InChI is InChI=1S/C10H13AsFN3O2S/c11-9-8-5(12)1-15(10(8)14-4-13-9)6-3-18-7(2-16)17-6/h1,6-7,14,16H,2-4,11H2/t6-,7+/m1/s1. The fourth-order valence-corrected chi connectivity index (χ4v) is 3.81. The number of nitrogens with zero attached hydrogens (tertiary/aromatic N) is 2. The maximum atomic E-state index is 13.9. The molecule has 0 bridgehead atoms. The van der Waals surface area contributed by atoms with E-state index >= 15 is 0 Å². The molecule has 1 saturated heterocycles. The SMILES string of the molecule is OC[C@H]1O[C@@H](n2cc(F)c3c2NCN=C3[AsH2])CS1. The van der Waals surface area contributed by atoms with Crippen LogP contribution in [0.2, 0.25) is 0 Å². The molecule has 18 heavy (non-hydrogen) atoms. The Bertz CT molecular complexity index is 508. The molecular formula is C10H13AsFN3O2S. The van der Waals surface area contributed by atoms with Gasteiger partial charge in [0.05, 0.1) is 0 Å². The van der Waals surface area contributed by atoms with Crippen molar-refractivity contribution >= 4 is 38.9 Å². The molecule has 2 aliphatic rings. The van der Waals surface area contributed by atoms with Crippen LogP contribution in [0.3, 0.4) is 0 Å². The van der Waals surface area contributed by atoms with E-state index in [0.717, 1.165) is 10.3 Å². The molecule has 2 N–H and O–H groups in total. The number of hydrogen-bond acceptors (Lipinski definition) is 5. The molecule has 3 rings (SSSR count). The molecule has 0 amide bonds. The van der Waals surface area contributed by atoms with Gasteiger partial charge in [-0.1, -0.05) is 0 Å². The van der Waals surface area contributed by atoms with Crippen molar-refractivity contribution in [2.45, 2.75) is 11.7 Å². The zero-order chi connectivity index (χ0) is 12.7. The molecule has 1 unspecified atom stereocenters. The molecule has 1 aromatic heterocycles. The summed E-state index contributed by atoms with van der Waals surface area (Å²) in [5.41, 5.74) is 0.320. The summed E-state index contributed by atoms with van der Waals surface area (Å²) < 4.78 is 22.1. The third-order valence-electron chi connectivity index (χ3n) is 2.93. The molecule has 0 saturated carbocycles. The number of aliphatic hydroxyl groups excluding tert-OH is 1. The molecule has 0 spiro atoms. The number of aliphatic hydroxyl groups is 1. The van der Waals surface area contributed by atoms with Crippen LogP contribution in [0.5, 0.6) is 0 Å². The topological polar surface area (TPSA) is 58.8 Å². The van der Waals surface area contributed by atoms with Crippen molar-refractivity contribution in [2.75, 3.05) is 24.3 Å². The first-order valence-electron chi connectivity index (χ1n) is 5.53. The van der Waals surface area contributed by atoms with E-state index in [2.05, 4.69) is 10.3 Å². The molecule has 3 heterocycles. The molecule has 98 valence electrons. The number of hydrogen-bond donors (Lipinski definition) is 2. The van der Waals surface area contributed by atoms with Gasteiger partial charge in [-0.3, -0.25) is 0 Å². The van der Waals surface area contributed by atoms with E-state index in [1.54, 1.807) is 4.57 Å². The van der Waals surface area contributed by atoms with Gasteiger partial charge in [-0.25, -0.2) is 0 Å². The van der Waals surface area contributed by atoms with Gasteiger partial charge in [0.25, 0.3) is 0 Å². The molecule has 1 aromatic rings. The summed E-state index contributed by atoms with van der Waals surface area (Å²) in [6.45, 7) is 0.442. The second-order valence-electron chi connectivity index (χ2n) is 4.02. The Hall–Kier alpha value is -0.492. The van der Waals surface area contributed by atoms with Crippen molar-refractivity contribution in [2.24, 2.45) is 4.99 Å². The number of anilines is 1. The second-order valence-corrected chi connectivity index (χ2v) is 6.36. The molecule has 0 aromatic carbocycles. The minimum atomic E-state index is -0.277. The summed E-state index contributed by atoms with van der Waals surface area (Å²) in [7, 11) is 0. The van der Waals surface area contributed by atoms with Crippen LogP contribution in [0.4, 0.5) is 10.2 Å². The second kappa shape index (κ2) is 4.89. The number of fused-ring (bicyclic) bond motifs is 1. The fraction of sp³-hybridized carbons (Fsp3) is 0.500. The quantitative estimate of drug-likeness (QED) is 0.747. The Balaban J connectivity index is 1.95. The first-order chi connectivity index (χ1) is 8.70. The monoisotopic (exact) mass is 333 g/mol. The van der Waals surface area contributed by atoms with Crippen LogP contribution in [-0.4, -0.2) is 55.5 Å². The van der Waals surface area contributed by atoms with Gasteiger partial charge in [0.1, 0.15) is 0 Å². The predicted octanol–water partition coefficient (Wildman–Crippen LogP) is -0.0297. The van der Waals surface area contributed by atoms with E-state index in [-0.39, 0.29) is 24.1 Å². The van der Waals surface area contributed by atoms with Crippen molar-refractivity contribution in [1.82, 2.24) is 4.57 Å². The van der Waals surface area contributed by atoms with Crippen molar-refractivity contribution in [3.05, 3.63) is 17.6 Å². The van der Waals surface area contributed by atoms with E-state index in [1.165, 1.54) is 34.8 Å². The van der Waals surface area contributed by atoms with Crippen molar-refractivity contribution < 1.29 is 14.2 Å². The molecule has 8 heteroatoms. The first-order valence-corrected chi connectivity index (χ1v) is 7.79. The van der Waals surface area contributed by atoms with Crippen LogP contribution in [0.15, 0.2) is 11.2 Å². The molecule has 0 radical (unpaired) electrons. The Morgan fingerprint density at radius 3 is 3.28 bits per heavy atom. The van der Waals surface area contributed by atoms with Crippen LogP contribution < -0.4 is 5.32 Å². The molecule has 3 atom stereocenters. The summed E-state index contributed by atoms with van der Waals surface area (Å²) in [6.07, 6.45) is 1.21. The van der Waals surface area contributed by atoms with Gasteiger partial charge in [-0.15, -0.1) is 0 Å². The Labute approximate surface area is 116 Å². The zero-order valence-corrected chi connectivity index (χ0v) is 12.7. The number of thioether (sulfide) groups is 1. The van der Waals surface area contributed by atoms with Crippen LogP contribution in [0.1, 0.15) is 11.8 Å². The summed E-state index contributed by atoms with van der Waals surface area (Å²) >= 11 is 2.85. The predicted molar refractivity (Wildman–Crippen MR) is 71.4 cm³/mol.